The molecule has 1 fully saturated rings. The minimum Gasteiger partial charge on any atom is -0.384 e. The first kappa shape index (κ1) is 14.3. The second-order valence-electron chi connectivity index (χ2n) is 5.20. The fraction of sp³-hybridized carbons (Fsp3) is 0.429. The quantitative estimate of drug-likeness (QED) is 0.573. The van der Waals surface area contributed by atoms with Crippen LogP contribution in [0.25, 0.3) is 0 Å². The van der Waals surface area contributed by atoms with E-state index in [1.807, 2.05) is 0 Å². The number of hydrogen-bond donors (Lipinski definition) is 3. The lowest BCUT2D eigenvalue weighted by Crippen LogP contribution is -2.42. The molecule has 0 spiro atoms. The van der Waals surface area contributed by atoms with Gasteiger partial charge in [0.1, 0.15) is 11.7 Å². The summed E-state index contributed by atoms with van der Waals surface area (Å²) >= 11 is 0. The molecular weight excluding hydrogens is 259 g/mol. The minimum atomic E-state index is -0.609. The summed E-state index contributed by atoms with van der Waals surface area (Å²) in [4.78, 5) is 13.9. The number of piperidine rings is 1. The lowest BCUT2D eigenvalue weighted by molar-refractivity contribution is 0.182. The van der Waals surface area contributed by atoms with Crippen LogP contribution in [0.4, 0.5) is 14.9 Å². The molecule has 0 radical (unpaired) electrons. The molecule has 6 heteroatoms. The number of anilines is 1. The van der Waals surface area contributed by atoms with Gasteiger partial charge in [0.2, 0.25) is 0 Å². The summed E-state index contributed by atoms with van der Waals surface area (Å²) in [5.41, 5.74) is 5.54. The van der Waals surface area contributed by atoms with Crippen molar-refractivity contribution >= 4 is 17.6 Å². The van der Waals surface area contributed by atoms with Gasteiger partial charge in [0, 0.05) is 13.1 Å². The molecule has 108 valence electrons. The SMILES string of the molecule is CC1CCCN(C(=O)Nc2cccc(F)c2C(=N)N)C1. The summed E-state index contributed by atoms with van der Waals surface area (Å²) in [7, 11) is 0. The molecule has 1 atom stereocenters. The molecule has 1 aromatic rings. The number of nitrogens with one attached hydrogen (secondary N) is 2. The Morgan fingerprint density at radius 1 is 1.55 bits per heavy atom. The maximum absolute atomic E-state index is 13.7. The smallest absolute Gasteiger partial charge is 0.321 e. The topological polar surface area (TPSA) is 82.2 Å². The Morgan fingerprint density at radius 2 is 2.30 bits per heavy atom. The Morgan fingerprint density at radius 3 is 2.95 bits per heavy atom. The number of carbonyl (C=O) groups excluding carboxylic acids is 1. The largest absolute Gasteiger partial charge is 0.384 e. The van der Waals surface area contributed by atoms with E-state index in [0.29, 0.717) is 19.0 Å². The molecule has 0 aromatic heterocycles. The second-order valence-corrected chi connectivity index (χ2v) is 5.20. The number of halogens is 1. The first-order valence-corrected chi connectivity index (χ1v) is 6.68. The van der Waals surface area contributed by atoms with Gasteiger partial charge >= 0.3 is 6.03 Å². The number of rotatable bonds is 2. The zero-order chi connectivity index (χ0) is 14.7. The van der Waals surface area contributed by atoms with E-state index in [1.165, 1.54) is 12.1 Å². The number of amidine groups is 1. The lowest BCUT2D eigenvalue weighted by atomic mass is 10.0. The van der Waals surface area contributed by atoms with Crippen LogP contribution in [0.15, 0.2) is 18.2 Å². The van der Waals surface area contributed by atoms with Gasteiger partial charge in [-0.2, -0.15) is 0 Å². The number of hydrogen-bond acceptors (Lipinski definition) is 2. The van der Waals surface area contributed by atoms with Gasteiger partial charge in [-0.05, 0) is 30.9 Å². The van der Waals surface area contributed by atoms with E-state index >= 15 is 0 Å². The van der Waals surface area contributed by atoms with Crippen molar-refractivity contribution in [3.63, 3.8) is 0 Å². The van der Waals surface area contributed by atoms with Crippen LogP contribution in [0.5, 0.6) is 0 Å². The molecule has 2 rings (SSSR count). The van der Waals surface area contributed by atoms with Crippen LogP contribution in [-0.2, 0) is 0 Å². The molecule has 1 unspecified atom stereocenters. The van der Waals surface area contributed by atoms with Gasteiger partial charge in [-0.3, -0.25) is 5.41 Å². The summed E-state index contributed by atoms with van der Waals surface area (Å²) in [6, 6.07) is 3.97. The van der Waals surface area contributed by atoms with Crippen molar-refractivity contribution in [3.8, 4) is 0 Å². The van der Waals surface area contributed by atoms with Gasteiger partial charge in [0.05, 0.1) is 11.3 Å². The average Bonchev–Trinajstić information content (AvgIpc) is 2.38. The summed E-state index contributed by atoms with van der Waals surface area (Å²) in [6.07, 6.45) is 2.08. The summed E-state index contributed by atoms with van der Waals surface area (Å²) in [5.74, 6) is -0.540. The highest BCUT2D eigenvalue weighted by atomic mass is 19.1. The molecule has 1 heterocycles. The monoisotopic (exact) mass is 278 g/mol. The molecule has 1 aliphatic heterocycles. The third kappa shape index (κ3) is 3.07. The molecule has 20 heavy (non-hydrogen) atoms. The van der Waals surface area contributed by atoms with Crippen molar-refractivity contribution in [2.45, 2.75) is 19.8 Å². The summed E-state index contributed by atoms with van der Waals surface area (Å²) < 4.78 is 13.7. The molecule has 1 saturated heterocycles. The van der Waals surface area contributed by atoms with Crippen LogP contribution in [0.2, 0.25) is 0 Å². The van der Waals surface area contributed by atoms with E-state index in [1.54, 1.807) is 11.0 Å². The van der Waals surface area contributed by atoms with Gasteiger partial charge in [-0.15, -0.1) is 0 Å². The van der Waals surface area contributed by atoms with Gasteiger partial charge < -0.3 is 16.0 Å². The zero-order valence-electron chi connectivity index (χ0n) is 11.4. The molecule has 0 saturated carbocycles. The summed E-state index contributed by atoms with van der Waals surface area (Å²) in [5, 5.41) is 10.1. The number of amides is 2. The highest BCUT2D eigenvalue weighted by molar-refractivity contribution is 6.04. The minimum absolute atomic E-state index is 0.0640. The van der Waals surface area contributed by atoms with Gasteiger partial charge in [0.25, 0.3) is 0 Å². The van der Waals surface area contributed by atoms with Crippen LogP contribution in [-0.4, -0.2) is 29.9 Å². The first-order valence-electron chi connectivity index (χ1n) is 6.68. The highest BCUT2D eigenvalue weighted by Crippen LogP contribution is 2.21. The first-order chi connectivity index (χ1) is 9.49. The standard InChI is InChI=1S/C14H19FN4O/c1-9-4-3-7-19(8-9)14(20)18-11-6-2-5-10(15)12(11)13(16)17/h2,5-6,9H,3-4,7-8H2,1H3,(H3,16,17)(H,18,20). The third-order valence-electron chi connectivity index (χ3n) is 3.47. The molecule has 0 aliphatic carbocycles. The molecule has 4 N–H and O–H groups in total. The van der Waals surface area contributed by atoms with Crippen LogP contribution in [0.1, 0.15) is 25.3 Å². The Bertz CT molecular complexity index is 532. The van der Waals surface area contributed by atoms with Crippen molar-refractivity contribution < 1.29 is 9.18 Å². The fourth-order valence-corrected chi connectivity index (χ4v) is 2.47. The number of carbonyl (C=O) groups is 1. The normalized spacial score (nSPS) is 18.7. The van der Waals surface area contributed by atoms with E-state index in [-0.39, 0.29) is 17.3 Å². The second kappa shape index (κ2) is 5.90. The predicted molar refractivity (Wildman–Crippen MR) is 76.4 cm³/mol. The molecule has 0 bridgehead atoms. The van der Waals surface area contributed by atoms with Crippen molar-refractivity contribution in [2.75, 3.05) is 18.4 Å². The van der Waals surface area contributed by atoms with Crippen molar-refractivity contribution in [1.29, 1.82) is 5.41 Å². The van der Waals surface area contributed by atoms with E-state index in [4.69, 9.17) is 11.1 Å². The van der Waals surface area contributed by atoms with E-state index < -0.39 is 11.7 Å². The highest BCUT2D eigenvalue weighted by Gasteiger charge is 2.22. The molecule has 5 nitrogen and oxygen atoms in total. The van der Waals surface area contributed by atoms with E-state index in [9.17, 15) is 9.18 Å². The van der Waals surface area contributed by atoms with Crippen LogP contribution >= 0.6 is 0 Å². The molecule has 1 aliphatic rings. The number of nitrogens with two attached hydrogens (primary N) is 1. The third-order valence-corrected chi connectivity index (χ3v) is 3.47. The Labute approximate surface area is 117 Å². The summed E-state index contributed by atoms with van der Waals surface area (Å²) in [6.45, 7) is 3.49. The van der Waals surface area contributed by atoms with E-state index in [2.05, 4.69) is 12.2 Å². The molecular formula is C14H19FN4O. The van der Waals surface area contributed by atoms with Crippen molar-refractivity contribution in [1.82, 2.24) is 4.90 Å². The van der Waals surface area contributed by atoms with Crippen LogP contribution < -0.4 is 11.1 Å². The zero-order valence-corrected chi connectivity index (χ0v) is 11.4. The number of nitrogen functional groups attached to an aromatic ring is 1. The predicted octanol–water partition coefficient (Wildman–Crippen LogP) is 2.37. The van der Waals surface area contributed by atoms with Crippen molar-refractivity contribution in [2.24, 2.45) is 11.7 Å². The van der Waals surface area contributed by atoms with Crippen molar-refractivity contribution in [3.05, 3.63) is 29.6 Å². The van der Waals surface area contributed by atoms with E-state index in [0.717, 1.165) is 12.8 Å². The number of nitrogens with zero attached hydrogens (tertiary/aromatic N) is 1. The van der Waals surface area contributed by atoms with Crippen LogP contribution in [0.3, 0.4) is 0 Å². The number of benzene rings is 1. The maximum Gasteiger partial charge on any atom is 0.321 e. The number of likely N-dealkylation sites (tertiary alicyclic amines) is 1. The van der Waals surface area contributed by atoms with Gasteiger partial charge in [-0.1, -0.05) is 13.0 Å². The Kier molecular flexibility index (Phi) is 4.22. The van der Waals surface area contributed by atoms with Crippen LogP contribution in [0, 0.1) is 17.1 Å². The molecule has 1 aromatic carbocycles. The lowest BCUT2D eigenvalue weighted by Gasteiger charge is -2.31. The maximum atomic E-state index is 13.7. The fourth-order valence-electron chi connectivity index (χ4n) is 2.47. The Hall–Kier alpha value is -2.11. The van der Waals surface area contributed by atoms with Gasteiger partial charge in [-0.25, -0.2) is 9.18 Å². The molecule has 2 amide bonds. The van der Waals surface area contributed by atoms with Gasteiger partial charge in [0.15, 0.2) is 0 Å². The number of urea groups is 1. The Balaban J connectivity index is 2.15. The average molecular weight is 278 g/mol.